The Labute approximate surface area is 61.5 Å². The molecule has 10 heavy (non-hydrogen) atoms. The van der Waals surface area contributed by atoms with E-state index in [4.69, 9.17) is 0 Å². The third-order valence-corrected chi connectivity index (χ3v) is 1.96. The van der Waals surface area contributed by atoms with Crippen molar-refractivity contribution in [2.24, 2.45) is 9.39 Å². The van der Waals surface area contributed by atoms with Crippen molar-refractivity contribution in [3.8, 4) is 0 Å². The van der Waals surface area contributed by atoms with Gasteiger partial charge in [0.2, 0.25) is 0 Å². The van der Waals surface area contributed by atoms with Gasteiger partial charge in [-0.05, 0) is 0 Å². The zero-order chi connectivity index (χ0) is 6.97. The summed E-state index contributed by atoms with van der Waals surface area (Å²) in [7, 11) is 0. The Kier molecular flexibility index (Phi) is 1.28. The summed E-state index contributed by atoms with van der Waals surface area (Å²) in [5.74, 6) is 0. The van der Waals surface area contributed by atoms with E-state index in [1.54, 1.807) is 6.21 Å². The van der Waals surface area contributed by atoms with Gasteiger partial charge in [-0.25, -0.2) is 4.99 Å². The molecule has 0 aromatic carbocycles. The Morgan fingerprint density at radius 1 is 1.90 bits per heavy atom. The topological polar surface area (TPSA) is 56.8 Å². The molecule has 2 rings (SSSR count). The molecule has 0 aliphatic carbocycles. The smallest absolute Gasteiger partial charge is 0.222 e. The second-order valence-electron chi connectivity index (χ2n) is 2.00. The number of aliphatic imine (C=N–C) groups is 1. The molecule has 0 aromatic rings. The fourth-order valence-electron chi connectivity index (χ4n) is 0.836. The summed E-state index contributed by atoms with van der Waals surface area (Å²) >= 11 is 1.19. The van der Waals surface area contributed by atoms with E-state index in [2.05, 4.69) is 14.1 Å². The van der Waals surface area contributed by atoms with Gasteiger partial charge in [-0.3, -0.25) is 0 Å². The van der Waals surface area contributed by atoms with Crippen molar-refractivity contribution in [3.05, 3.63) is 4.91 Å². The van der Waals surface area contributed by atoms with Crippen molar-refractivity contribution >= 4 is 24.1 Å². The van der Waals surface area contributed by atoms with Gasteiger partial charge in [0.15, 0.2) is 5.71 Å². The minimum absolute atomic E-state index is 0.206. The maximum atomic E-state index is 10.9. The standard InChI is InChI=1S/C4H5N4OS/c9-8-2-5-1-3-4(8)7-10-6-3/h1,4,7H,2H2/q+1. The highest BCUT2D eigenvalue weighted by molar-refractivity contribution is 7.96. The molecule has 0 amide bonds. The Balaban J connectivity index is 2.34. The van der Waals surface area contributed by atoms with Crippen LogP contribution in [0.3, 0.4) is 0 Å². The molecule has 2 aliphatic rings. The maximum absolute atomic E-state index is 10.9. The van der Waals surface area contributed by atoms with Crippen molar-refractivity contribution in [1.82, 2.24) is 4.72 Å². The summed E-state index contributed by atoms with van der Waals surface area (Å²) in [5.41, 5.74) is 0.714. The Morgan fingerprint density at radius 2 is 2.80 bits per heavy atom. The molecular formula is C4H5N4OS+. The van der Waals surface area contributed by atoms with Crippen molar-refractivity contribution in [2.75, 3.05) is 6.67 Å². The maximum Gasteiger partial charge on any atom is 0.312 e. The summed E-state index contributed by atoms with van der Waals surface area (Å²) in [4.78, 5) is 14.7. The Hall–Kier alpha value is -0.750. The van der Waals surface area contributed by atoms with Gasteiger partial charge in [-0.2, -0.15) is 9.12 Å². The SMILES string of the molecule is O=[N+]1CN=CC2=NSNC21. The minimum atomic E-state index is -0.275. The predicted octanol–water partition coefficient (Wildman–Crippen LogP) is -0.259. The number of nitrogens with one attached hydrogen (secondary N) is 1. The molecule has 1 N–H and O–H groups in total. The summed E-state index contributed by atoms with van der Waals surface area (Å²) in [6.45, 7) is 0.206. The van der Waals surface area contributed by atoms with E-state index in [1.165, 1.54) is 12.1 Å². The third-order valence-electron chi connectivity index (χ3n) is 1.33. The lowest BCUT2D eigenvalue weighted by Crippen LogP contribution is -2.42. The predicted molar refractivity (Wildman–Crippen MR) is 38.9 cm³/mol. The molecule has 5 nitrogen and oxygen atoms in total. The molecule has 1 unspecified atom stereocenters. The molecule has 2 heterocycles. The zero-order valence-electron chi connectivity index (χ0n) is 5.02. The first-order chi connectivity index (χ1) is 4.88. The van der Waals surface area contributed by atoms with E-state index in [0.29, 0.717) is 5.71 Å². The van der Waals surface area contributed by atoms with Gasteiger partial charge in [0.05, 0.1) is 18.3 Å². The average molecular weight is 157 g/mol. The quantitative estimate of drug-likeness (QED) is 0.389. The van der Waals surface area contributed by atoms with Gasteiger partial charge in [-0.15, -0.1) is 0 Å². The number of nitrogens with zero attached hydrogens (tertiary/aromatic N) is 3. The van der Waals surface area contributed by atoms with Gasteiger partial charge in [0.1, 0.15) is 0 Å². The summed E-state index contributed by atoms with van der Waals surface area (Å²) in [6.07, 6.45) is 1.36. The van der Waals surface area contributed by atoms with Crippen LogP contribution in [0.2, 0.25) is 0 Å². The van der Waals surface area contributed by atoms with Crippen LogP contribution < -0.4 is 4.72 Å². The summed E-state index contributed by atoms with van der Waals surface area (Å²) in [5, 5.41) is 0. The molecule has 6 heteroatoms. The largest absolute Gasteiger partial charge is 0.312 e. The normalized spacial score (nSPS) is 30.2. The van der Waals surface area contributed by atoms with Crippen LogP contribution in [0.15, 0.2) is 9.39 Å². The molecule has 0 spiro atoms. The molecular weight excluding hydrogens is 152 g/mol. The highest BCUT2D eigenvalue weighted by Crippen LogP contribution is 2.12. The van der Waals surface area contributed by atoms with Crippen LogP contribution >= 0.6 is 12.1 Å². The first-order valence-electron chi connectivity index (χ1n) is 2.81. The van der Waals surface area contributed by atoms with E-state index in [9.17, 15) is 4.91 Å². The van der Waals surface area contributed by atoms with Crippen molar-refractivity contribution in [1.29, 1.82) is 0 Å². The van der Waals surface area contributed by atoms with Gasteiger partial charge in [-0.1, -0.05) is 0 Å². The van der Waals surface area contributed by atoms with E-state index in [1.807, 2.05) is 0 Å². The minimum Gasteiger partial charge on any atom is -0.222 e. The number of nitroso groups, excluding NO2 is 1. The van der Waals surface area contributed by atoms with E-state index >= 15 is 0 Å². The van der Waals surface area contributed by atoms with Gasteiger partial charge in [0.25, 0.3) is 6.67 Å². The van der Waals surface area contributed by atoms with E-state index in [0.717, 1.165) is 4.76 Å². The lowest BCUT2D eigenvalue weighted by molar-refractivity contribution is -0.570. The van der Waals surface area contributed by atoms with Gasteiger partial charge in [0, 0.05) is 9.67 Å². The number of hydrogen-bond acceptors (Lipinski definition) is 5. The van der Waals surface area contributed by atoms with Crippen LogP contribution in [0.5, 0.6) is 0 Å². The first kappa shape index (κ1) is 5.99. The third kappa shape index (κ3) is 0.764. The lowest BCUT2D eigenvalue weighted by Gasteiger charge is -2.02. The highest BCUT2D eigenvalue weighted by atomic mass is 32.2. The second kappa shape index (κ2) is 2.14. The molecule has 1 atom stereocenters. The van der Waals surface area contributed by atoms with Crippen LogP contribution in [-0.4, -0.2) is 29.5 Å². The van der Waals surface area contributed by atoms with Gasteiger partial charge < -0.3 is 0 Å². The zero-order valence-corrected chi connectivity index (χ0v) is 5.84. The highest BCUT2D eigenvalue weighted by Gasteiger charge is 2.36. The monoisotopic (exact) mass is 157 g/mol. The number of rotatable bonds is 0. The van der Waals surface area contributed by atoms with Crippen LogP contribution in [-0.2, 0) is 0 Å². The van der Waals surface area contributed by atoms with Gasteiger partial charge >= 0.3 is 6.17 Å². The molecule has 0 aromatic heterocycles. The molecule has 0 radical (unpaired) electrons. The molecule has 0 saturated heterocycles. The van der Waals surface area contributed by atoms with Crippen molar-refractivity contribution in [2.45, 2.75) is 6.17 Å². The van der Waals surface area contributed by atoms with E-state index < -0.39 is 0 Å². The lowest BCUT2D eigenvalue weighted by atomic mass is 10.3. The van der Waals surface area contributed by atoms with Crippen LogP contribution in [0.1, 0.15) is 0 Å². The fraction of sp³-hybridized carbons (Fsp3) is 0.500. The Bertz CT molecular complexity index is 235. The van der Waals surface area contributed by atoms with Crippen molar-refractivity contribution in [3.63, 3.8) is 0 Å². The molecule has 52 valence electrons. The molecule has 2 aliphatic heterocycles. The summed E-state index contributed by atoms with van der Waals surface area (Å²) in [6, 6.07) is 0. The second-order valence-corrected chi connectivity index (χ2v) is 2.60. The summed E-state index contributed by atoms with van der Waals surface area (Å²) < 4.78 is 7.64. The Morgan fingerprint density at radius 3 is 3.60 bits per heavy atom. The van der Waals surface area contributed by atoms with E-state index in [-0.39, 0.29) is 12.8 Å². The molecule has 0 saturated carbocycles. The molecule has 0 bridgehead atoms. The van der Waals surface area contributed by atoms with Crippen LogP contribution in [0.4, 0.5) is 0 Å². The van der Waals surface area contributed by atoms with Crippen LogP contribution in [0.25, 0.3) is 0 Å². The molecule has 0 fully saturated rings. The number of fused-ring (bicyclic) bond motifs is 1. The fourth-order valence-corrected chi connectivity index (χ4v) is 1.48. The van der Waals surface area contributed by atoms with Crippen molar-refractivity contribution < 1.29 is 4.76 Å². The van der Waals surface area contributed by atoms with Crippen LogP contribution in [0, 0.1) is 4.91 Å². The average Bonchev–Trinajstić information content (AvgIpc) is 2.36. The first-order valence-corrected chi connectivity index (χ1v) is 3.58. The number of hydrogen-bond donors (Lipinski definition) is 1.